The van der Waals surface area contributed by atoms with Gasteiger partial charge in [-0.3, -0.25) is 0 Å². The van der Waals surface area contributed by atoms with Crippen LogP contribution in [0.3, 0.4) is 0 Å². The topological polar surface area (TPSA) is 23.4 Å². The van der Waals surface area contributed by atoms with Gasteiger partial charge in [-0.2, -0.15) is 0 Å². The fourth-order valence-electron chi connectivity index (χ4n) is 1.96. The Kier molecular flexibility index (Phi) is 1.93. The molecule has 2 heterocycles. The molecule has 0 bridgehead atoms. The number of rotatable bonds is 1. The Morgan fingerprint density at radius 2 is 1.88 bits per heavy atom. The molecule has 3 rings (SSSR count). The molecule has 1 aromatic heterocycles. The molecule has 1 aliphatic rings. The number of ether oxygens (including phenoxy) is 2. The average Bonchev–Trinajstić information content (AvgIpc) is 2.86. The zero-order valence-electron chi connectivity index (χ0n) is 9.36. The first kappa shape index (κ1) is 9.33. The Labute approximate surface area is 94.2 Å². The summed E-state index contributed by atoms with van der Waals surface area (Å²) in [5.74, 6) is 1.66. The first-order valence-electron chi connectivity index (χ1n) is 5.28. The lowest BCUT2D eigenvalue weighted by atomic mass is 10.1. The Balaban J connectivity index is 2.10. The van der Waals surface area contributed by atoms with Crippen molar-refractivity contribution in [1.29, 1.82) is 0 Å². The summed E-state index contributed by atoms with van der Waals surface area (Å²) in [5, 5.41) is 0. The number of fused-ring (bicyclic) bond motifs is 1. The van der Waals surface area contributed by atoms with E-state index >= 15 is 0 Å². The van der Waals surface area contributed by atoms with Gasteiger partial charge in [0.15, 0.2) is 11.5 Å². The molecule has 0 radical (unpaired) electrons. The molecule has 0 amide bonds. The van der Waals surface area contributed by atoms with Gasteiger partial charge in [-0.15, -0.1) is 0 Å². The third kappa shape index (κ3) is 1.28. The van der Waals surface area contributed by atoms with Gasteiger partial charge in [-0.1, -0.05) is 0 Å². The molecular formula is C13H13NO2. The van der Waals surface area contributed by atoms with E-state index in [-0.39, 0.29) is 0 Å². The zero-order chi connectivity index (χ0) is 11.1. The number of aryl methyl sites for hydroxylation is 1. The first-order valence-corrected chi connectivity index (χ1v) is 5.28. The standard InChI is InChI=1S/C13H13NO2/c1-9-3-5-11(14(9)2)10-4-6-12-13(7-10)16-8-15-12/h3-7H,8H2,1-2H3. The van der Waals surface area contributed by atoms with Crippen molar-refractivity contribution >= 4 is 0 Å². The van der Waals surface area contributed by atoms with Crippen LogP contribution in [0.1, 0.15) is 5.69 Å². The van der Waals surface area contributed by atoms with Crippen molar-refractivity contribution in [1.82, 2.24) is 4.57 Å². The maximum atomic E-state index is 5.38. The highest BCUT2D eigenvalue weighted by atomic mass is 16.7. The summed E-state index contributed by atoms with van der Waals surface area (Å²) in [4.78, 5) is 0. The highest BCUT2D eigenvalue weighted by molar-refractivity contribution is 5.65. The second-order valence-electron chi connectivity index (χ2n) is 3.99. The van der Waals surface area contributed by atoms with Gasteiger partial charge in [-0.25, -0.2) is 0 Å². The van der Waals surface area contributed by atoms with Gasteiger partial charge in [-0.05, 0) is 37.3 Å². The molecule has 0 unspecified atom stereocenters. The van der Waals surface area contributed by atoms with Crippen molar-refractivity contribution < 1.29 is 9.47 Å². The van der Waals surface area contributed by atoms with Crippen LogP contribution < -0.4 is 9.47 Å². The third-order valence-corrected chi connectivity index (χ3v) is 3.04. The van der Waals surface area contributed by atoms with E-state index in [2.05, 4.69) is 36.7 Å². The summed E-state index contributed by atoms with van der Waals surface area (Å²) in [5.41, 5.74) is 3.59. The molecular weight excluding hydrogens is 202 g/mol. The lowest BCUT2D eigenvalue weighted by Crippen LogP contribution is -1.93. The van der Waals surface area contributed by atoms with E-state index in [1.54, 1.807) is 0 Å². The molecule has 0 spiro atoms. The number of aromatic nitrogens is 1. The van der Waals surface area contributed by atoms with E-state index in [4.69, 9.17) is 9.47 Å². The van der Waals surface area contributed by atoms with Gasteiger partial charge in [0.2, 0.25) is 6.79 Å². The third-order valence-electron chi connectivity index (χ3n) is 3.04. The van der Waals surface area contributed by atoms with Crippen molar-refractivity contribution in [2.24, 2.45) is 7.05 Å². The molecule has 82 valence electrons. The highest BCUT2D eigenvalue weighted by Crippen LogP contribution is 2.36. The van der Waals surface area contributed by atoms with E-state index in [9.17, 15) is 0 Å². The predicted octanol–water partition coefficient (Wildman–Crippen LogP) is 2.73. The summed E-state index contributed by atoms with van der Waals surface area (Å²) in [6, 6.07) is 10.3. The van der Waals surface area contributed by atoms with E-state index < -0.39 is 0 Å². The van der Waals surface area contributed by atoms with E-state index in [0.29, 0.717) is 6.79 Å². The van der Waals surface area contributed by atoms with Crippen LogP contribution in [0.2, 0.25) is 0 Å². The molecule has 0 atom stereocenters. The first-order chi connectivity index (χ1) is 7.75. The number of hydrogen-bond donors (Lipinski definition) is 0. The monoisotopic (exact) mass is 215 g/mol. The normalized spacial score (nSPS) is 13.1. The Morgan fingerprint density at radius 3 is 2.62 bits per heavy atom. The number of benzene rings is 1. The fraction of sp³-hybridized carbons (Fsp3) is 0.231. The van der Waals surface area contributed by atoms with Gasteiger partial charge < -0.3 is 14.0 Å². The van der Waals surface area contributed by atoms with Gasteiger partial charge in [0, 0.05) is 24.0 Å². The summed E-state index contributed by atoms with van der Waals surface area (Å²) in [6.45, 7) is 2.42. The van der Waals surface area contributed by atoms with Crippen LogP contribution in [0.4, 0.5) is 0 Å². The largest absolute Gasteiger partial charge is 0.454 e. The molecule has 3 heteroatoms. The second kappa shape index (κ2) is 3.30. The van der Waals surface area contributed by atoms with Crippen LogP contribution in [-0.4, -0.2) is 11.4 Å². The number of hydrogen-bond acceptors (Lipinski definition) is 2. The van der Waals surface area contributed by atoms with E-state index in [0.717, 1.165) is 17.1 Å². The SMILES string of the molecule is Cc1ccc(-c2ccc3c(c2)OCO3)n1C. The quantitative estimate of drug-likeness (QED) is 0.730. The minimum absolute atomic E-state index is 0.324. The average molecular weight is 215 g/mol. The van der Waals surface area contributed by atoms with Crippen molar-refractivity contribution in [3.8, 4) is 22.8 Å². The van der Waals surface area contributed by atoms with Crippen LogP contribution in [0.5, 0.6) is 11.5 Å². The molecule has 0 aliphatic carbocycles. The molecule has 0 N–H and O–H groups in total. The minimum Gasteiger partial charge on any atom is -0.454 e. The minimum atomic E-state index is 0.324. The van der Waals surface area contributed by atoms with Gasteiger partial charge in [0.25, 0.3) is 0 Å². The molecule has 2 aromatic rings. The van der Waals surface area contributed by atoms with Crippen molar-refractivity contribution in [3.05, 3.63) is 36.0 Å². The second-order valence-corrected chi connectivity index (χ2v) is 3.99. The van der Waals surface area contributed by atoms with Crippen LogP contribution in [0.15, 0.2) is 30.3 Å². The lowest BCUT2D eigenvalue weighted by molar-refractivity contribution is 0.174. The molecule has 1 aliphatic heterocycles. The fourth-order valence-corrected chi connectivity index (χ4v) is 1.96. The Bertz CT molecular complexity index is 543. The summed E-state index contributed by atoms with van der Waals surface area (Å²) < 4.78 is 12.8. The molecule has 1 aromatic carbocycles. The van der Waals surface area contributed by atoms with Gasteiger partial charge in [0.1, 0.15) is 0 Å². The smallest absolute Gasteiger partial charge is 0.231 e. The summed E-state index contributed by atoms with van der Waals surface area (Å²) in [6.07, 6.45) is 0. The maximum Gasteiger partial charge on any atom is 0.231 e. The molecule has 3 nitrogen and oxygen atoms in total. The van der Waals surface area contributed by atoms with Crippen LogP contribution >= 0.6 is 0 Å². The highest BCUT2D eigenvalue weighted by Gasteiger charge is 2.14. The molecule has 16 heavy (non-hydrogen) atoms. The summed E-state index contributed by atoms with van der Waals surface area (Å²) >= 11 is 0. The van der Waals surface area contributed by atoms with Crippen LogP contribution in [0, 0.1) is 6.92 Å². The predicted molar refractivity (Wildman–Crippen MR) is 61.7 cm³/mol. The van der Waals surface area contributed by atoms with Crippen LogP contribution in [-0.2, 0) is 7.05 Å². The Morgan fingerprint density at radius 1 is 1.06 bits per heavy atom. The summed E-state index contributed by atoms with van der Waals surface area (Å²) in [7, 11) is 2.06. The van der Waals surface area contributed by atoms with Gasteiger partial charge in [0.05, 0.1) is 0 Å². The van der Waals surface area contributed by atoms with Gasteiger partial charge >= 0.3 is 0 Å². The molecule has 0 fully saturated rings. The zero-order valence-corrected chi connectivity index (χ0v) is 9.36. The lowest BCUT2D eigenvalue weighted by Gasteiger charge is -2.06. The Hall–Kier alpha value is -1.90. The molecule has 0 saturated carbocycles. The maximum absolute atomic E-state index is 5.38. The van der Waals surface area contributed by atoms with Crippen LogP contribution in [0.25, 0.3) is 11.3 Å². The van der Waals surface area contributed by atoms with E-state index in [1.807, 2.05) is 12.1 Å². The molecule has 0 saturated heterocycles. The number of nitrogens with zero attached hydrogens (tertiary/aromatic N) is 1. The van der Waals surface area contributed by atoms with E-state index in [1.165, 1.54) is 11.4 Å². The van der Waals surface area contributed by atoms with Crippen molar-refractivity contribution in [2.75, 3.05) is 6.79 Å². The van der Waals surface area contributed by atoms with Crippen molar-refractivity contribution in [3.63, 3.8) is 0 Å². The van der Waals surface area contributed by atoms with Crippen molar-refractivity contribution in [2.45, 2.75) is 6.92 Å².